The number of hydrogen-bond acceptors (Lipinski definition) is 5. The number of ether oxygens (including phenoxy) is 1. The van der Waals surface area contributed by atoms with Gasteiger partial charge in [-0.1, -0.05) is 54.6 Å². The van der Waals surface area contributed by atoms with Crippen molar-refractivity contribution in [1.29, 1.82) is 0 Å². The highest BCUT2D eigenvalue weighted by atomic mass is 16.6. The molecule has 1 aliphatic rings. The van der Waals surface area contributed by atoms with E-state index >= 15 is 0 Å². The molecule has 8 nitrogen and oxygen atoms in total. The average molecular weight is 442 g/mol. The summed E-state index contributed by atoms with van der Waals surface area (Å²) in [5.74, 6) is -0.245. The lowest BCUT2D eigenvalue weighted by atomic mass is 9.93. The number of carbonyl (C=O) groups is 2. The van der Waals surface area contributed by atoms with E-state index in [1.54, 1.807) is 54.1 Å². The number of aromatic nitrogens is 2. The zero-order chi connectivity index (χ0) is 23.2. The number of amides is 2. The Morgan fingerprint density at radius 2 is 1.82 bits per heavy atom. The van der Waals surface area contributed by atoms with Gasteiger partial charge in [0.15, 0.2) is 5.72 Å². The molecule has 1 aliphatic heterocycles. The lowest BCUT2D eigenvalue weighted by Gasteiger charge is -2.35. The van der Waals surface area contributed by atoms with Crippen LogP contribution in [0.2, 0.25) is 0 Å². The van der Waals surface area contributed by atoms with Gasteiger partial charge in [0.05, 0.1) is 11.0 Å². The fourth-order valence-electron chi connectivity index (χ4n) is 4.28. The molecule has 0 saturated carbocycles. The molecule has 0 fully saturated rings. The van der Waals surface area contributed by atoms with Crippen LogP contribution < -0.4 is 10.1 Å². The first-order valence-electron chi connectivity index (χ1n) is 10.5. The highest BCUT2D eigenvalue weighted by Crippen LogP contribution is 2.43. The van der Waals surface area contributed by atoms with Crippen LogP contribution in [0.1, 0.15) is 27.0 Å². The summed E-state index contributed by atoms with van der Waals surface area (Å²) >= 11 is 0. The highest BCUT2D eigenvalue weighted by molar-refractivity contribution is 6.00. The van der Waals surface area contributed by atoms with Crippen molar-refractivity contribution in [2.75, 3.05) is 7.05 Å². The van der Waals surface area contributed by atoms with E-state index in [4.69, 9.17) is 4.74 Å². The molecule has 8 heteroatoms. The first kappa shape index (κ1) is 20.7. The lowest BCUT2D eigenvalue weighted by Crippen LogP contribution is -2.44. The molecule has 5 rings (SSSR count). The number of nitrogens with zero attached hydrogens (tertiary/aromatic N) is 3. The summed E-state index contributed by atoms with van der Waals surface area (Å²) in [7, 11) is 3.19. The number of aryl methyl sites for hydroxylation is 1. The summed E-state index contributed by atoms with van der Waals surface area (Å²) in [6.45, 7) is 0.235. The highest BCUT2D eigenvalue weighted by Gasteiger charge is 2.49. The number of benzene rings is 3. The summed E-state index contributed by atoms with van der Waals surface area (Å²) in [4.78, 5) is 30.9. The minimum absolute atomic E-state index is 0.123. The van der Waals surface area contributed by atoms with Crippen molar-refractivity contribution < 1.29 is 19.4 Å². The third-order valence-corrected chi connectivity index (χ3v) is 5.98. The van der Waals surface area contributed by atoms with Gasteiger partial charge in [0, 0.05) is 37.3 Å². The quantitative estimate of drug-likeness (QED) is 0.506. The van der Waals surface area contributed by atoms with Crippen LogP contribution in [0.15, 0.2) is 72.8 Å². The van der Waals surface area contributed by atoms with Crippen LogP contribution >= 0.6 is 0 Å². The van der Waals surface area contributed by atoms with Crippen molar-refractivity contribution in [3.63, 3.8) is 0 Å². The van der Waals surface area contributed by atoms with Crippen molar-refractivity contribution in [3.8, 4) is 6.01 Å². The first-order chi connectivity index (χ1) is 15.9. The maximum atomic E-state index is 13.4. The van der Waals surface area contributed by atoms with Crippen molar-refractivity contribution in [2.24, 2.45) is 7.05 Å². The molecular weight excluding hydrogens is 420 g/mol. The Bertz CT molecular complexity index is 1380. The largest absolute Gasteiger partial charge is 0.414 e. The van der Waals surface area contributed by atoms with Crippen LogP contribution in [0.25, 0.3) is 11.0 Å². The van der Waals surface area contributed by atoms with Crippen molar-refractivity contribution in [3.05, 3.63) is 95.1 Å². The second-order valence-corrected chi connectivity index (χ2v) is 7.89. The van der Waals surface area contributed by atoms with Crippen LogP contribution in [0, 0.1) is 0 Å². The summed E-state index contributed by atoms with van der Waals surface area (Å²) in [6.07, 6.45) is -0.628. The molecule has 3 aromatic carbocycles. The molecule has 0 spiro atoms. The molecule has 2 N–H and O–H groups in total. The first-order valence-corrected chi connectivity index (χ1v) is 10.5. The third kappa shape index (κ3) is 3.23. The van der Waals surface area contributed by atoms with Gasteiger partial charge < -0.3 is 15.2 Å². The Labute approximate surface area is 190 Å². The van der Waals surface area contributed by atoms with Gasteiger partial charge in [-0.2, -0.15) is 4.98 Å². The molecule has 2 amide bonds. The Morgan fingerprint density at radius 1 is 1.09 bits per heavy atom. The van der Waals surface area contributed by atoms with Crippen LogP contribution in [-0.4, -0.2) is 38.6 Å². The van der Waals surface area contributed by atoms with Crippen LogP contribution in [-0.2, 0) is 19.3 Å². The summed E-state index contributed by atoms with van der Waals surface area (Å²) < 4.78 is 6.84. The van der Waals surface area contributed by atoms with E-state index in [-0.39, 0.29) is 18.5 Å². The van der Waals surface area contributed by atoms with Crippen LogP contribution in [0.5, 0.6) is 6.01 Å². The number of carbonyl (C=O) groups excluding carboxylic acids is 2. The van der Waals surface area contributed by atoms with E-state index in [1.165, 1.54) is 11.9 Å². The smallest absolute Gasteiger partial charge is 0.375 e. The monoisotopic (exact) mass is 442 g/mol. The van der Waals surface area contributed by atoms with Crippen molar-refractivity contribution in [2.45, 2.75) is 12.3 Å². The van der Waals surface area contributed by atoms with E-state index < -0.39 is 11.8 Å². The molecule has 33 heavy (non-hydrogen) atoms. The van der Waals surface area contributed by atoms with Crippen LogP contribution in [0.3, 0.4) is 0 Å². The fraction of sp³-hybridized carbons (Fsp3) is 0.160. The van der Waals surface area contributed by atoms with E-state index in [0.29, 0.717) is 27.7 Å². The lowest BCUT2D eigenvalue weighted by molar-refractivity contribution is -0.0542. The molecule has 1 unspecified atom stereocenters. The Morgan fingerprint density at radius 3 is 2.58 bits per heavy atom. The zero-order valence-corrected chi connectivity index (χ0v) is 18.1. The molecule has 1 atom stereocenters. The Hall–Kier alpha value is -4.17. The maximum absolute atomic E-state index is 13.4. The van der Waals surface area contributed by atoms with Crippen LogP contribution in [0.4, 0.5) is 4.79 Å². The van der Waals surface area contributed by atoms with E-state index in [1.807, 2.05) is 30.3 Å². The summed E-state index contributed by atoms with van der Waals surface area (Å²) in [5.41, 5.74) is 1.97. The number of fused-ring (bicyclic) bond motifs is 2. The number of imidazole rings is 1. The number of nitrogens with one attached hydrogen (secondary N) is 1. The van der Waals surface area contributed by atoms with Gasteiger partial charge in [-0.15, -0.1) is 0 Å². The van der Waals surface area contributed by atoms with Crippen molar-refractivity contribution >= 4 is 23.0 Å². The molecule has 1 aromatic heterocycles. The summed E-state index contributed by atoms with van der Waals surface area (Å²) in [5, 5.41) is 14.5. The standard InChI is InChI=1S/C25H22N4O4/c1-26-24(31)33-23-27-20-13-12-17(14-21(20)28(23)2)25(32)19-11-7-6-10-18(19)22(30)29(25)15-16-8-4-3-5-9-16/h3-14,32H,15H2,1-2H3,(H,26,31). The molecule has 2 heterocycles. The average Bonchev–Trinajstić information content (AvgIpc) is 3.27. The zero-order valence-electron chi connectivity index (χ0n) is 18.1. The molecule has 4 aromatic rings. The number of aliphatic hydroxyl groups is 1. The topological polar surface area (TPSA) is 96.7 Å². The second kappa shape index (κ2) is 7.75. The van der Waals surface area contributed by atoms with Gasteiger partial charge in [-0.25, -0.2) is 4.79 Å². The molecule has 0 saturated heterocycles. The minimum atomic E-state index is -1.68. The Balaban J connectivity index is 1.65. The molecule has 0 radical (unpaired) electrons. The van der Waals surface area contributed by atoms with E-state index in [9.17, 15) is 14.7 Å². The predicted octanol–water partition coefficient (Wildman–Crippen LogP) is 3.14. The van der Waals surface area contributed by atoms with Gasteiger partial charge in [0.25, 0.3) is 5.91 Å². The minimum Gasteiger partial charge on any atom is -0.375 e. The molecular formula is C25H22N4O4. The third-order valence-electron chi connectivity index (χ3n) is 5.98. The van der Waals surface area contributed by atoms with Gasteiger partial charge in [0.1, 0.15) is 0 Å². The van der Waals surface area contributed by atoms with Gasteiger partial charge in [-0.3, -0.25) is 14.3 Å². The molecule has 166 valence electrons. The Kier molecular flexibility index (Phi) is 4.87. The number of hydrogen-bond donors (Lipinski definition) is 2. The second-order valence-electron chi connectivity index (χ2n) is 7.89. The van der Waals surface area contributed by atoms with Crippen molar-refractivity contribution in [1.82, 2.24) is 19.8 Å². The normalized spacial score (nSPS) is 17.3. The number of rotatable bonds is 4. The van der Waals surface area contributed by atoms with E-state index in [2.05, 4.69) is 10.3 Å². The van der Waals surface area contributed by atoms with Gasteiger partial charge in [0.2, 0.25) is 0 Å². The molecule has 0 bridgehead atoms. The SMILES string of the molecule is CNC(=O)Oc1nc2ccc(C3(O)c4ccccc4C(=O)N3Cc3ccccc3)cc2n1C. The van der Waals surface area contributed by atoms with Gasteiger partial charge >= 0.3 is 12.1 Å². The maximum Gasteiger partial charge on any atom is 0.414 e. The summed E-state index contributed by atoms with van der Waals surface area (Å²) in [6, 6.07) is 22.0. The van der Waals surface area contributed by atoms with Gasteiger partial charge in [-0.05, 0) is 23.8 Å². The molecule has 0 aliphatic carbocycles. The van der Waals surface area contributed by atoms with E-state index in [0.717, 1.165) is 5.56 Å². The fourth-order valence-corrected chi connectivity index (χ4v) is 4.28. The predicted molar refractivity (Wildman–Crippen MR) is 122 cm³/mol.